The van der Waals surface area contributed by atoms with E-state index >= 15 is 0 Å². The highest BCUT2D eigenvalue weighted by Crippen LogP contribution is 2.41. The lowest BCUT2D eigenvalue weighted by Gasteiger charge is -2.45. The number of hydrogen-bond acceptors (Lipinski definition) is 5. The van der Waals surface area contributed by atoms with Gasteiger partial charge >= 0.3 is 0 Å². The van der Waals surface area contributed by atoms with Crippen molar-refractivity contribution < 1.29 is 19.1 Å². The Bertz CT molecular complexity index is 728. The highest BCUT2D eigenvalue weighted by Gasteiger charge is 2.47. The van der Waals surface area contributed by atoms with E-state index in [1.165, 1.54) is 0 Å². The number of nitrogens with zero attached hydrogens (tertiary/aromatic N) is 2. The molecule has 2 heterocycles. The standard InChI is InChI=1S/C21H31N3O4/c1-15(25)22-18-12-21(8-10-23(11-9-21)16(2)26)24(14-18)13-17-6-5-7-19(27-3)20(17)28-4/h5-7,18H,8-14H2,1-4H3,(H,22,25)/t18-/m0/s1. The summed E-state index contributed by atoms with van der Waals surface area (Å²) in [5.41, 5.74) is 1.05. The number of amides is 2. The molecule has 0 aromatic heterocycles. The lowest BCUT2D eigenvalue weighted by molar-refractivity contribution is -0.131. The summed E-state index contributed by atoms with van der Waals surface area (Å²) in [5, 5.41) is 3.10. The highest BCUT2D eigenvalue weighted by molar-refractivity contribution is 5.73. The minimum atomic E-state index is -0.0207. The molecule has 0 radical (unpaired) electrons. The number of hydrogen-bond donors (Lipinski definition) is 1. The first-order valence-corrected chi connectivity index (χ1v) is 9.86. The Morgan fingerprint density at radius 2 is 1.89 bits per heavy atom. The molecule has 0 saturated carbocycles. The van der Waals surface area contributed by atoms with E-state index in [1.54, 1.807) is 28.1 Å². The van der Waals surface area contributed by atoms with E-state index in [4.69, 9.17) is 9.47 Å². The normalized spacial score (nSPS) is 21.6. The summed E-state index contributed by atoms with van der Waals surface area (Å²) in [6.07, 6.45) is 2.73. The molecule has 0 bridgehead atoms. The van der Waals surface area contributed by atoms with Crippen LogP contribution in [0.2, 0.25) is 0 Å². The van der Waals surface area contributed by atoms with Gasteiger partial charge in [-0.05, 0) is 25.3 Å². The fourth-order valence-electron chi connectivity index (χ4n) is 4.77. The zero-order valence-electron chi connectivity index (χ0n) is 17.3. The molecule has 1 atom stereocenters. The summed E-state index contributed by atoms with van der Waals surface area (Å²) in [6.45, 7) is 6.22. The molecular formula is C21H31N3O4. The van der Waals surface area contributed by atoms with Crippen molar-refractivity contribution >= 4 is 11.8 Å². The second kappa shape index (κ2) is 8.39. The molecule has 0 unspecified atom stereocenters. The molecule has 7 nitrogen and oxygen atoms in total. The molecule has 28 heavy (non-hydrogen) atoms. The Hall–Kier alpha value is -2.28. The monoisotopic (exact) mass is 389 g/mol. The van der Waals surface area contributed by atoms with Gasteiger partial charge in [-0.2, -0.15) is 0 Å². The Kier molecular flexibility index (Phi) is 6.13. The van der Waals surface area contributed by atoms with Crippen LogP contribution in [0.15, 0.2) is 18.2 Å². The van der Waals surface area contributed by atoms with Crippen molar-refractivity contribution in [1.29, 1.82) is 0 Å². The molecule has 7 heteroatoms. The largest absolute Gasteiger partial charge is 0.493 e. The number of likely N-dealkylation sites (tertiary alicyclic amines) is 2. The first kappa shape index (κ1) is 20.5. The first-order valence-electron chi connectivity index (χ1n) is 9.86. The van der Waals surface area contributed by atoms with Crippen LogP contribution in [-0.2, 0) is 16.1 Å². The number of para-hydroxylation sites is 1. The topological polar surface area (TPSA) is 71.1 Å². The molecule has 0 aliphatic carbocycles. The number of carbonyl (C=O) groups is 2. The fraction of sp³-hybridized carbons (Fsp3) is 0.619. The third-order valence-electron chi connectivity index (χ3n) is 6.13. The molecule has 3 rings (SSSR count). The van der Waals surface area contributed by atoms with Crippen molar-refractivity contribution in [1.82, 2.24) is 15.1 Å². The van der Waals surface area contributed by atoms with E-state index in [0.717, 1.165) is 62.5 Å². The summed E-state index contributed by atoms with van der Waals surface area (Å²) in [7, 11) is 3.30. The van der Waals surface area contributed by atoms with E-state index in [2.05, 4.69) is 16.3 Å². The predicted octanol–water partition coefficient (Wildman–Crippen LogP) is 1.80. The van der Waals surface area contributed by atoms with Crippen LogP contribution in [0.3, 0.4) is 0 Å². The molecule has 1 aromatic rings. The molecule has 2 fully saturated rings. The van der Waals surface area contributed by atoms with Gasteiger partial charge in [-0.25, -0.2) is 0 Å². The highest BCUT2D eigenvalue weighted by atomic mass is 16.5. The summed E-state index contributed by atoms with van der Waals surface area (Å²) in [4.78, 5) is 27.8. The summed E-state index contributed by atoms with van der Waals surface area (Å²) in [6, 6.07) is 6.06. The van der Waals surface area contributed by atoms with Crippen LogP contribution >= 0.6 is 0 Å². The SMILES string of the molecule is COc1cccc(CN2C[C@@H](NC(C)=O)CC23CCN(C(C)=O)CC3)c1OC. The zero-order chi connectivity index (χ0) is 20.3. The molecule has 154 valence electrons. The van der Waals surface area contributed by atoms with Gasteiger partial charge in [-0.15, -0.1) is 0 Å². The molecule has 1 aromatic carbocycles. The van der Waals surface area contributed by atoms with Crippen LogP contribution < -0.4 is 14.8 Å². The fourth-order valence-corrected chi connectivity index (χ4v) is 4.77. The molecule has 2 aliphatic heterocycles. The number of carbonyl (C=O) groups excluding carboxylic acids is 2. The zero-order valence-corrected chi connectivity index (χ0v) is 17.3. The molecule has 2 aliphatic rings. The van der Waals surface area contributed by atoms with Crippen LogP contribution in [0.5, 0.6) is 11.5 Å². The number of ether oxygens (including phenoxy) is 2. The smallest absolute Gasteiger partial charge is 0.219 e. The van der Waals surface area contributed by atoms with Gasteiger partial charge in [0, 0.05) is 57.2 Å². The Labute approximate surface area is 167 Å². The maximum atomic E-state index is 11.8. The van der Waals surface area contributed by atoms with Crippen molar-refractivity contribution in [3.05, 3.63) is 23.8 Å². The van der Waals surface area contributed by atoms with Crippen LogP contribution in [0.1, 0.15) is 38.7 Å². The van der Waals surface area contributed by atoms with Crippen molar-refractivity contribution in [2.45, 2.75) is 51.2 Å². The number of nitrogens with one attached hydrogen (secondary N) is 1. The minimum Gasteiger partial charge on any atom is -0.493 e. The number of piperidine rings is 1. The Morgan fingerprint density at radius 3 is 2.46 bits per heavy atom. The minimum absolute atomic E-state index is 0.00197. The maximum Gasteiger partial charge on any atom is 0.219 e. The van der Waals surface area contributed by atoms with Crippen LogP contribution in [0, 0.1) is 0 Å². The average Bonchev–Trinajstić information content (AvgIpc) is 2.97. The predicted molar refractivity (Wildman–Crippen MR) is 106 cm³/mol. The van der Waals surface area contributed by atoms with E-state index in [-0.39, 0.29) is 23.4 Å². The van der Waals surface area contributed by atoms with Gasteiger partial charge in [0.15, 0.2) is 11.5 Å². The third kappa shape index (κ3) is 4.09. The lowest BCUT2D eigenvalue weighted by atomic mass is 9.83. The molecule has 2 amide bonds. The summed E-state index contributed by atoms with van der Waals surface area (Å²) < 4.78 is 11.1. The Morgan fingerprint density at radius 1 is 1.18 bits per heavy atom. The summed E-state index contributed by atoms with van der Waals surface area (Å²) >= 11 is 0. The molecule has 1 spiro atoms. The lowest BCUT2D eigenvalue weighted by Crippen LogP contribution is -2.52. The number of rotatable bonds is 5. The van der Waals surface area contributed by atoms with Crippen molar-refractivity contribution in [3.8, 4) is 11.5 Å². The quantitative estimate of drug-likeness (QED) is 0.831. The van der Waals surface area contributed by atoms with Gasteiger partial charge in [0.1, 0.15) is 0 Å². The van der Waals surface area contributed by atoms with Gasteiger partial charge in [-0.3, -0.25) is 14.5 Å². The van der Waals surface area contributed by atoms with E-state index in [9.17, 15) is 9.59 Å². The van der Waals surface area contributed by atoms with E-state index in [0.29, 0.717) is 0 Å². The van der Waals surface area contributed by atoms with Gasteiger partial charge in [0.25, 0.3) is 0 Å². The second-order valence-corrected chi connectivity index (χ2v) is 7.87. The first-order chi connectivity index (χ1) is 13.4. The number of methoxy groups -OCH3 is 2. The summed E-state index contributed by atoms with van der Waals surface area (Å²) in [5.74, 6) is 1.61. The maximum absolute atomic E-state index is 11.8. The van der Waals surface area contributed by atoms with Gasteiger partial charge in [0.2, 0.25) is 11.8 Å². The van der Waals surface area contributed by atoms with Crippen LogP contribution in [-0.4, -0.2) is 67.0 Å². The Balaban J connectivity index is 1.84. The van der Waals surface area contributed by atoms with Gasteiger partial charge in [-0.1, -0.05) is 12.1 Å². The molecule has 1 N–H and O–H groups in total. The average molecular weight is 389 g/mol. The van der Waals surface area contributed by atoms with Gasteiger partial charge in [0.05, 0.1) is 14.2 Å². The third-order valence-corrected chi connectivity index (χ3v) is 6.13. The van der Waals surface area contributed by atoms with Crippen molar-refractivity contribution in [2.75, 3.05) is 33.9 Å². The second-order valence-electron chi connectivity index (χ2n) is 7.87. The van der Waals surface area contributed by atoms with E-state index < -0.39 is 0 Å². The van der Waals surface area contributed by atoms with Gasteiger partial charge < -0.3 is 19.7 Å². The van der Waals surface area contributed by atoms with Crippen molar-refractivity contribution in [3.63, 3.8) is 0 Å². The van der Waals surface area contributed by atoms with E-state index in [1.807, 2.05) is 17.0 Å². The number of benzene rings is 1. The molecule has 2 saturated heterocycles. The van der Waals surface area contributed by atoms with Crippen molar-refractivity contribution in [2.24, 2.45) is 0 Å². The van der Waals surface area contributed by atoms with Crippen LogP contribution in [0.25, 0.3) is 0 Å². The molecular weight excluding hydrogens is 358 g/mol. The van der Waals surface area contributed by atoms with Crippen LogP contribution in [0.4, 0.5) is 0 Å².